The molecule has 20 heavy (non-hydrogen) atoms. The summed E-state index contributed by atoms with van der Waals surface area (Å²) < 4.78 is 5.27. The molecule has 0 radical (unpaired) electrons. The van der Waals surface area contributed by atoms with Gasteiger partial charge in [0.2, 0.25) is 0 Å². The van der Waals surface area contributed by atoms with Gasteiger partial charge in [-0.15, -0.1) is 0 Å². The molecule has 0 saturated carbocycles. The zero-order valence-corrected chi connectivity index (χ0v) is 11.6. The Morgan fingerprint density at radius 3 is 2.10 bits per heavy atom. The third kappa shape index (κ3) is 4.12. The molecule has 0 saturated heterocycles. The lowest BCUT2D eigenvalue weighted by atomic mass is 10.1. The van der Waals surface area contributed by atoms with Crippen molar-refractivity contribution >= 4 is 11.7 Å². The van der Waals surface area contributed by atoms with Gasteiger partial charge in [0.15, 0.2) is 0 Å². The third-order valence-corrected chi connectivity index (χ3v) is 3.16. The van der Waals surface area contributed by atoms with Gasteiger partial charge in [-0.1, -0.05) is 43.3 Å². The molecule has 0 atom stereocenters. The number of hydrogen-bond donors (Lipinski definition) is 1. The molecule has 2 rings (SSSR count). The molecular weight excluding hydrogens is 250 g/mol. The van der Waals surface area contributed by atoms with E-state index in [0.29, 0.717) is 12.3 Å². The lowest BCUT2D eigenvalue weighted by Crippen LogP contribution is -2.08. The molecule has 3 nitrogen and oxygen atoms in total. The minimum absolute atomic E-state index is 0.227. The molecular formula is C17H19NO2. The van der Waals surface area contributed by atoms with Crippen LogP contribution in [0.15, 0.2) is 48.5 Å². The van der Waals surface area contributed by atoms with Crippen molar-refractivity contribution in [2.75, 3.05) is 5.73 Å². The molecule has 2 aromatic rings. The second-order valence-corrected chi connectivity index (χ2v) is 4.75. The monoisotopic (exact) mass is 269 g/mol. The molecule has 0 bridgehead atoms. The number of esters is 1. The third-order valence-electron chi connectivity index (χ3n) is 3.16. The number of rotatable bonds is 5. The lowest BCUT2D eigenvalue weighted by Gasteiger charge is -2.06. The van der Waals surface area contributed by atoms with Crippen LogP contribution in [0.4, 0.5) is 5.69 Å². The van der Waals surface area contributed by atoms with Crippen LogP contribution in [0, 0.1) is 0 Å². The number of nitrogen functional groups attached to an aromatic ring is 1. The standard InChI is InChI=1S/C17H19NO2/c1-2-13-3-5-15(6-4-13)12-20-17(19)11-14-7-9-16(18)10-8-14/h3-10H,2,11-12,18H2,1H3. The summed E-state index contributed by atoms with van der Waals surface area (Å²) in [6, 6.07) is 15.4. The van der Waals surface area contributed by atoms with Crippen LogP contribution < -0.4 is 5.73 Å². The van der Waals surface area contributed by atoms with Crippen LogP contribution >= 0.6 is 0 Å². The highest BCUT2D eigenvalue weighted by Gasteiger charge is 2.05. The van der Waals surface area contributed by atoms with Crippen LogP contribution in [0.5, 0.6) is 0 Å². The molecule has 0 aliphatic rings. The van der Waals surface area contributed by atoms with Crippen molar-refractivity contribution < 1.29 is 9.53 Å². The van der Waals surface area contributed by atoms with Gasteiger partial charge in [-0.05, 0) is 35.2 Å². The van der Waals surface area contributed by atoms with Gasteiger partial charge in [-0.2, -0.15) is 0 Å². The average Bonchev–Trinajstić information content (AvgIpc) is 2.48. The Kier molecular flexibility index (Phi) is 4.77. The molecule has 3 heteroatoms. The van der Waals surface area contributed by atoms with Gasteiger partial charge in [0.1, 0.15) is 6.61 Å². The number of benzene rings is 2. The molecule has 0 amide bonds. The van der Waals surface area contributed by atoms with Gasteiger partial charge in [0.05, 0.1) is 6.42 Å². The summed E-state index contributed by atoms with van der Waals surface area (Å²) in [5.41, 5.74) is 9.49. The highest BCUT2D eigenvalue weighted by Crippen LogP contribution is 2.09. The predicted octanol–water partition coefficient (Wildman–Crippen LogP) is 3.12. The first-order valence-electron chi connectivity index (χ1n) is 6.75. The van der Waals surface area contributed by atoms with Crippen molar-refractivity contribution in [1.82, 2.24) is 0 Å². The Balaban J connectivity index is 1.83. The fraction of sp³-hybridized carbons (Fsp3) is 0.235. The second kappa shape index (κ2) is 6.75. The van der Waals surface area contributed by atoms with Gasteiger partial charge < -0.3 is 10.5 Å². The number of aryl methyl sites for hydroxylation is 1. The second-order valence-electron chi connectivity index (χ2n) is 4.75. The van der Waals surface area contributed by atoms with E-state index in [2.05, 4.69) is 19.1 Å². The van der Waals surface area contributed by atoms with E-state index in [9.17, 15) is 4.79 Å². The van der Waals surface area contributed by atoms with E-state index in [-0.39, 0.29) is 12.4 Å². The Morgan fingerprint density at radius 1 is 0.950 bits per heavy atom. The van der Waals surface area contributed by atoms with Gasteiger partial charge in [0, 0.05) is 5.69 Å². The summed E-state index contributed by atoms with van der Waals surface area (Å²) in [7, 11) is 0. The lowest BCUT2D eigenvalue weighted by molar-refractivity contribution is -0.144. The van der Waals surface area contributed by atoms with Crippen molar-refractivity contribution in [3.63, 3.8) is 0 Å². The number of carbonyl (C=O) groups is 1. The highest BCUT2D eigenvalue weighted by atomic mass is 16.5. The fourth-order valence-corrected chi connectivity index (χ4v) is 1.89. The largest absolute Gasteiger partial charge is 0.461 e. The van der Waals surface area contributed by atoms with Gasteiger partial charge in [-0.25, -0.2) is 0 Å². The topological polar surface area (TPSA) is 52.3 Å². The normalized spacial score (nSPS) is 10.2. The Bertz CT molecular complexity index is 559. The van der Waals surface area contributed by atoms with E-state index in [4.69, 9.17) is 10.5 Å². The molecule has 104 valence electrons. The van der Waals surface area contributed by atoms with E-state index >= 15 is 0 Å². The fourth-order valence-electron chi connectivity index (χ4n) is 1.89. The van der Waals surface area contributed by atoms with Crippen molar-refractivity contribution in [3.8, 4) is 0 Å². The smallest absolute Gasteiger partial charge is 0.310 e. The van der Waals surface area contributed by atoms with Crippen LogP contribution in [-0.2, 0) is 29.0 Å². The van der Waals surface area contributed by atoms with Gasteiger partial charge in [0.25, 0.3) is 0 Å². The molecule has 2 aromatic carbocycles. The average molecular weight is 269 g/mol. The Morgan fingerprint density at radius 2 is 1.50 bits per heavy atom. The zero-order valence-electron chi connectivity index (χ0n) is 11.6. The highest BCUT2D eigenvalue weighted by molar-refractivity contribution is 5.72. The molecule has 0 fully saturated rings. The molecule has 0 aromatic heterocycles. The van der Waals surface area contributed by atoms with E-state index in [1.165, 1.54) is 5.56 Å². The maximum absolute atomic E-state index is 11.7. The number of carbonyl (C=O) groups excluding carboxylic acids is 1. The minimum atomic E-state index is -0.227. The van der Waals surface area contributed by atoms with Crippen LogP contribution in [0.25, 0.3) is 0 Å². The van der Waals surface area contributed by atoms with Crippen molar-refractivity contribution in [2.24, 2.45) is 0 Å². The number of ether oxygens (including phenoxy) is 1. The summed E-state index contributed by atoms with van der Waals surface area (Å²) in [5, 5.41) is 0. The SMILES string of the molecule is CCc1ccc(COC(=O)Cc2ccc(N)cc2)cc1. The van der Waals surface area contributed by atoms with Gasteiger partial charge >= 0.3 is 5.97 Å². The van der Waals surface area contributed by atoms with E-state index < -0.39 is 0 Å². The van der Waals surface area contributed by atoms with Crippen molar-refractivity contribution in [2.45, 2.75) is 26.4 Å². The first kappa shape index (κ1) is 14.1. The summed E-state index contributed by atoms with van der Waals surface area (Å²) >= 11 is 0. The van der Waals surface area contributed by atoms with E-state index in [0.717, 1.165) is 17.5 Å². The number of nitrogens with two attached hydrogens (primary N) is 1. The molecule has 0 aliphatic carbocycles. The maximum Gasteiger partial charge on any atom is 0.310 e. The molecule has 0 spiro atoms. The van der Waals surface area contributed by atoms with Crippen molar-refractivity contribution in [3.05, 3.63) is 65.2 Å². The van der Waals surface area contributed by atoms with Gasteiger partial charge in [-0.3, -0.25) is 4.79 Å². The number of anilines is 1. The van der Waals surface area contributed by atoms with Crippen molar-refractivity contribution in [1.29, 1.82) is 0 Å². The van der Waals surface area contributed by atoms with E-state index in [1.54, 1.807) is 12.1 Å². The predicted molar refractivity (Wildman–Crippen MR) is 80.2 cm³/mol. The molecule has 0 unspecified atom stereocenters. The summed E-state index contributed by atoms with van der Waals surface area (Å²) in [6.45, 7) is 2.43. The quantitative estimate of drug-likeness (QED) is 0.670. The minimum Gasteiger partial charge on any atom is -0.461 e. The summed E-state index contributed by atoms with van der Waals surface area (Å²) in [5.74, 6) is -0.227. The maximum atomic E-state index is 11.7. The van der Waals surface area contributed by atoms with Crippen LogP contribution in [0.3, 0.4) is 0 Å². The van der Waals surface area contributed by atoms with Crippen LogP contribution in [-0.4, -0.2) is 5.97 Å². The zero-order chi connectivity index (χ0) is 14.4. The Hall–Kier alpha value is -2.29. The first-order valence-corrected chi connectivity index (χ1v) is 6.75. The molecule has 0 aliphatic heterocycles. The molecule has 0 heterocycles. The van der Waals surface area contributed by atoms with E-state index in [1.807, 2.05) is 24.3 Å². The van der Waals surface area contributed by atoms with Crippen LogP contribution in [0.1, 0.15) is 23.6 Å². The first-order chi connectivity index (χ1) is 9.67. The summed E-state index contributed by atoms with van der Waals surface area (Å²) in [6.07, 6.45) is 1.28. The Labute approximate surface area is 119 Å². The van der Waals surface area contributed by atoms with Crippen LogP contribution in [0.2, 0.25) is 0 Å². The number of hydrogen-bond acceptors (Lipinski definition) is 3. The summed E-state index contributed by atoms with van der Waals surface area (Å²) in [4.78, 5) is 11.7. The molecule has 2 N–H and O–H groups in total.